The van der Waals surface area contributed by atoms with Crippen molar-refractivity contribution >= 4 is 5.97 Å². The first-order chi connectivity index (χ1) is 22.6. The molecule has 3 heteroatoms. The molecule has 0 spiro atoms. The molecule has 0 amide bonds. The topological polar surface area (TPSA) is 35.5 Å². The zero-order valence-electron chi connectivity index (χ0n) is 29.4. The summed E-state index contributed by atoms with van der Waals surface area (Å²) in [6.07, 6.45) is 23.4. The van der Waals surface area contributed by atoms with E-state index in [1.165, 1.54) is 113 Å². The van der Waals surface area contributed by atoms with Crippen molar-refractivity contribution in [2.45, 2.75) is 149 Å². The van der Waals surface area contributed by atoms with Crippen LogP contribution in [0.25, 0.3) is 22.3 Å². The third-order valence-electron chi connectivity index (χ3n) is 9.09. The van der Waals surface area contributed by atoms with E-state index >= 15 is 0 Å². The van der Waals surface area contributed by atoms with Crippen molar-refractivity contribution in [3.05, 3.63) is 78.4 Å². The fourth-order valence-electron chi connectivity index (χ4n) is 6.16. The SMILES string of the molecule is CCCCCCCCCCCCCCC(=O)OC(C)c1ccc(-c2ccccc2-c2ccc(OCCCCCCCC)cc2)cc1. The van der Waals surface area contributed by atoms with Crippen molar-refractivity contribution in [3.8, 4) is 28.0 Å². The minimum Gasteiger partial charge on any atom is -0.494 e. The average Bonchev–Trinajstić information content (AvgIpc) is 3.08. The van der Waals surface area contributed by atoms with Crippen LogP contribution in [0.4, 0.5) is 0 Å². The number of hydrogen-bond donors (Lipinski definition) is 0. The van der Waals surface area contributed by atoms with Gasteiger partial charge < -0.3 is 9.47 Å². The number of hydrogen-bond acceptors (Lipinski definition) is 3. The molecule has 0 N–H and O–H groups in total. The smallest absolute Gasteiger partial charge is 0.306 e. The van der Waals surface area contributed by atoms with Gasteiger partial charge in [-0.25, -0.2) is 0 Å². The van der Waals surface area contributed by atoms with Gasteiger partial charge in [-0.05, 0) is 59.7 Å². The van der Waals surface area contributed by atoms with E-state index in [0.717, 1.165) is 42.7 Å². The van der Waals surface area contributed by atoms with Crippen molar-refractivity contribution in [3.63, 3.8) is 0 Å². The van der Waals surface area contributed by atoms with Crippen LogP contribution in [0.2, 0.25) is 0 Å². The van der Waals surface area contributed by atoms with E-state index in [0.29, 0.717) is 6.42 Å². The zero-order chi connectivity index (χ0) is 32.7. The summed E-state index contributed by atoms with van der Waals surface area (Å²) in [4.78, 5) is 12.5. The minimum atomic E-state index is -0.252. The van der Waals surface area contributed by atoms with Gasteiger partial charge in [0.05, 0.1) is 6.61 Å². The Kier molecular flexibility index (Phi) is 18.9. The van der Waals surface area contributed by atoms with Gasteiger partial charge in [0, 0.05) is 6.42 Å². The summed E-state index contributed by atoms with van der Waals surface area (Å²) in [5, 5.41) is 0. The third-order valence-corrected chi connectivity index (χ3v) is 9.09. The lowest BCUT2D eigenvalue weighted by Crippen LogP contribution is -2.08. The molecule has 0 aromatic heterocycles. The number of ether oxygens (including phenoxy) is 2. The molecule has 0 aliphatic rings. The summed E-state index contributed by atoms with van der Waals surface area (Å²) in [7, 11) is 0. The molecule has 0 heterocycles. The lowest BCUT2D eigenvalue weighted by molar-refractivity contribution is -0.148. The van der Waals surface area contributed by atoms with Crippen LogP contribution in [-0.2, 0) is 9.53 Å². The van der Waals surface area contributed by atoms with Crippen molar-refractivity contribution in [2.24, 2.45) is 0 Å². The molecule has 46 heavy (non-hydrogen) atoms. The van der Waals surface area contributed by atoms with E-state index in [4.69, 9.17) is 9.47 Å². The maximum absolute atomic E-state index is 12.5. The van der Waals surface area contributed by atoms with Gasteiger partial charge in [0.25, 0.3) is 0 Å². The van der Waals surface area contributed by atoms with Gasteiger partial charge in [-0.2, -0.15) is 0 Å². The highest BCUT2D eigenvalue weighted by Gasteiger charge is 2.13. The van der Waals surface area contributed by atoms with E-state index in [2.05, 4.69) is 86.6 Å². The molecular weight excluding hydrogens is 564 g/mol. The molecule has 1 unspecified atom stereocenters. The maximum atomic E-state index is 12.5. The van der Waals surface area contributed by atoms with E-state index in [1.807, 2.05) is 6.92 Å². The van der Waals surface area contributed by atoms with Crippen molar-refractivity contribution in [1.29, 1.82) is 0 Å². The van der Waals surface area contributed by atoms with Crippen LogP contribution in [0, 0.1) is 0 Å². The van der Waals surface area contributed by atoms with Crippen molar-refractivity contribution < 1.29 is 14.3 Å². The summed E-state index contributed by atoms with van der Waals surface area (Å²) in [6.45, 7) is 7.28. The van der Waals surface area contributed by atoms with Gasteiger partial charge in [0.2, 0.25) is 0 Å². The monoisotopic (exact) mass is 626 g/mol. The van der Waals surface area contributed by atoms with Crippen molar-refractivity contribution in [1.82, 2.24) is 0 Å². The number of rotatable bonds is 25. The second kappa shape index (κ2) is 23.3. The standard InChI is InChI=1S/C43H62O3/c1-4-6-8-10-12-13-14-15-16-17-18-20-26-43(44)46-36(3)37-27-29-38(30-28-37)41-24-21-22-25-42(41)39-31-33-40(34-32-39)45-35-23-19-11-9-7-5-2/h21-22,24-25,27-34,36H,4-20,23,26,35H2,1-3H3. The second-order valence-electron chi connectivity index (χ2n) is 13.1. The summed E-state index contributed by atoms with van der Waals surface area (Å²) in [6, 6.07) is 25.5. The van der Waals surface area contributed by atoms with Crippen LogP contribution in [-0.4, -0.2) is 12.6 Å². The predicted octanol–water partition coefficient (Wildman–Crippen LogP) is 13.5. The normalized spacial score (nSPS) is 11.8. The van der Waals surface area contributed by atoms with Crippen molar-refractivity contribution in [2.75, 3.05) is 6.61 Å². The first kappa shape index (κ1) is 37.4. The lowest BCUT2D eigenvalue weighted by atomic mass is 9.93. The van der Waals surface area contributed by atoms with E-state index < -0.39 is 0 Å². The molecule has 0 saturated heterocycles. The molecule has 0 bridgehead atoms. The predicted molar refractivity (Wildman–Crippen MR) is 196 cm³/mol. The Morgan fingerprint density at radius 3 is 1.48 bits per heavy atom. The van der Waals surface area contributed by atoms with Crippen LogP contribution >= 0.6 is 0 Å². The maximum Gasteiger partial charge on any atom is 0.306 e. The van der Waals surface area contributed by atoms with Gasteiger partial charge in [0.15, 0.2) is 0 Å². The number of esters is 1. The molecule has 3 aromatic rings. The highest BCUT2D eigenvalue weighted by molar-refractivity contribution is 5.83. The highest BCUT2D eigenvalue weighted by Crippen LogP contribution is 2.34. The Morgan fingerprint density at radius 1 is 0.543 bits per heavy atom. The van der Waals surface area contributed by atoms with Crippen LogP contribution < -0.4 is 4.74 Å². The molecule has 3 rings (SSSR count). The molecule has 1 atom stereocenters. The number of carbonyl (C=O) groups excluding carboxylic acids is 1. The Bertz CT molecular complexity index is 1200. The summed E-state index contributed by atoms with van der Waals surface area (Å²) in [5.74, 6) is 0.842. The number of unbranched alkanes of at least 4 members (excludes halogenated alkanes) is 16. The second-order valence-corrected chi connectivity index (χ2v) is 13.1. The van der Waals surface area contributed by atoms with Crippen LogP contribution in [0.5, 0.6) is 5.75 Å². The molecular formula is C43H62O3. The van der Waals surface area contributed by atoms with E-state index in [-0.39, 0.29) is 12.1 Å². The first-order valence-corrected chi connectivity index (χ1v) is 18.7. The fraction of sp³-hybridized carbons (Fsp3) is 0.558. The minimum absolute atomic E-state index is 0.0894. The average molecular weight is 627 g/mol. The lowest BCUT2D eigenvalue weighted by Gasteiger charge is -2.15. The Labute approximate surface area is 281 Å². The van der Waals surface area contributed by atoms with Gasteiger partial charge in [-0.1, -0.05) is 177 Å². The zero-order valence-corrected chi connectivity index (χ0v) is 29.4. The third kappa shape index (κ3) is 14.6. The molecule has 3 nitrogen and oxygen atoms in total. The molecule has 0 saturated carbocycles. The number of carbonyl (C=O) groups is 1. The van der Waals surface area contributed by atoms with Gasteiger partial charge in [-0.3, -0.25) is 4.79 Å². The fourth-order valence-corrected chi connectivity index (χ4v) is 6.16. The largest absolute Gasteiger partial charge is 0.494 e. The molecule has 0 radical (unpaired) electrons. The Balaban J connectivity index is 1.39. The van der Waals surface area contributed by atoms with E-state index in [1.54, 1.807) is 0 Å². The quantitative estimate of drug-likeness (QED) is 0.0693. The molecule has 3 aromatic carbocycles. The number of benzene rings is 3. The molecule has 0 fully saturated rings. The van der Waals surface area contributed by atoms with Crippen LogP contribution in [0.1, 0.15) is 154 Å². The molecule has 252 valence electrons. The van der Waals surface area contributed by atoms with Gasteiger partial charge in [-0.15, -0.1) is 0 Å². The Hall–Kier alpha value is -3.07. The highest BCUT2D eigenvalue weighted by atomic mass is 16.5. The summed E-state index contributed by atoms with van der Waals surface area (Å²) < 4.78 is 11.8. The van der Waals surface area contributed by atoms with Gasteiger partial charge in [0.1, 0.15) is 11.9 Å². The molecule has 0 aliphatic carbocycles. The summed E-state index contributed by atoms with van der Waals surface area (Å²) in [5.41, 5.74) is 5.73. The van der Waals surface area contributed by atoms with Crippen LogP contribution in [0.3, 0.4) is 0 Å². The van der Waals surface area contributed by atoms with Gasteiger partial charge >= 0.3 is 5.97 Å². The van der Waals surface area contributed by atoms with Crippen LogP contribution in [0.15, 0.2) is 72.8 Å². The van der Waals surface area contributed by atoms with E-state index in [9.17, 15) is 4.79 Å². The Morgan fingerprint density at radius 2 is 0.978 bits per heavy atom. The summed E-state index contributed by atoms with van der Waals surface area (Å²) >= 11 is 0. The first-order valence-electron chi connectivity index (χ1n) is 18.7. The molecule has 0 aliphatic heterocycles.